The fourth-order valence-corrected chi connectivity index (χ4v) is 3.01. The second kappa shape index (κ2) is 8.42. The molecule has 0 bridgehead atoms. The number of carbonyl (C=O) groups excluding carboxylic acids is 1. The van der Waals surface area contributed by atoms with Gasteiger partial charge in [-0.05, 0) is 17.7 Å². The van der Waals surface area contributed by atoms with E-state index in [4.69, 9.17) is 14.6 Å². The van der Waals surface area contributed by atoms with Crippen LogP contribution < -0.4 is 0 Å². The first-order valence-electron chi connectivity index (χ1n) is 8.23. The molecule has 7 heteroatoms. The Hall–Kier alpha value is -1.96. The molecule has 1 aromatic carbocycles. The number of morpholine rings is 1. The van der Waals surface area contributed by atoms with Crippen LogP contribution in [0.4, 0.5) is 0 Å². The third kappa shape index (κ3) is 5.26. The number of carbonyl (C=O) groups is 2. The van der Waals surface area contributed by atoms with Gasteiger partial charge in [-0.1, -0.05) is 12.1 Å². The molecule has 138 valence electrons. The van der Waals surface area contributed by atoms with Gasteiger partial charge in [-0.2, -0.15) is 0 Å². The highest BCUT2D eigenvalue weighted by molar-refractivity contribution is 5.87. The zero-order chi connectivity index (χ0) is 18.4. The Bertz CT molecular complexity index is 598. The molecule has 0 aromatic heterocycles. The Morgan fingerprint density at radius 2 is 2.00 bits per heavy atom. The minimum atomic E-state index is -0.931. The van der Waals surface area contributed by atoms with Gasteiger partial charge >= 0.3 is 5.97 Å². The summed E-state index contributed by atoms with van der Waals surface area (Å²) in [4.78, 5) is 26.9. The summed E-state index contributed by atoms with van der Waals surface area (Å²) in [5.41, 5.74) is 0.642. The van der Waals surface area contributed by atoms with Gasteiger partial charge in [0, 0.05) is 40.8 Å². The van der Waals surface area contributed by atoms with Crippen LogP contribution in [0.2, 0.25) is 0 Å². The molecule has 0 aliphatic carbocycles. The summed E-state index contributed by atoms with van der Waals surface area (Å²) < 4.78 is 11.3. The number of carboxylic acids is 1. The van der Waals surface area contributed by atoms with E-state index in [1.54, 1.807) is 38.2 Å². The number of hydrogen-bond donors (Lipinski definition) is 1. The Kier molecular flexibility index (Phi) is 6.52. The van der Waals surface area contributed by atoms with E-state index in [-0.39, 0.29) is 17.9 Å². The van der Waals surface area contributed by atoms with Gasteiger partial charge in [0.05, 0.1) is 25.2 Å². The summed E-state index contributed by atoms with van der Waals surface area (Å²) in [6.07, 6.45) is 0.266. The van der Waals surface area contributed by atoms with Crippen molar-refractivity contribution in [3.63, 3.8) is 0 Å². The second-order valence-electron chi connectivity index (χ2n) is 6.64. The van der Waals surface area contributed by atoms with Crippen molar-refractivity contribution in [1.29, 1.82) is 0 Å². The van der Waals surface area contributed by atoms with E-state index < -0.39 is 11.6 Å². The molecule has 1 atom stereocenters. The Morgan fingerprint density at radius 3 is 2.56 bits per heavy atom. The monoisotopic (exact) mass is 350 g/mol. The van der Waals surface area contributed by atoms with Gasteiger partial charge in [0.1, 0.15) is 5.60 Å². The smallest absolute Gasteiger partial charge is 0.335 e. The van der Waals surface area contributed by atoms with E-state index in [2.05, 4.69) is 4.90 Å². The maximum absolute atomic E-state index is 12.2. The van der Waals surface area contributed by atoms with Crippen molar-refractivity contribution in [1.82, 2.24) is 9.80 Å². The number of ether oxygens (including phenoxy) is 2. The first-order chi connectivity index (χ1) is 11.8. The Labute approximate surface area is 148 Å². The van der Waals surface area contributed by atoms with Crippen LogP contribution in [-0.2, 0) is 20.8 Å². The maximum atomic E-state index is 12.2. The highest BCUT2D eigenvalue weighted by atomic mass is 16.5. The van der Waals surface area contributed by atoms with Gasteiger partial charge in [-0.3, -0.25) is 9.69 Å². The molecule has 0 spiro atoms. The maximum Gasteiger partial charge on any atom is 0.335 e. The van der Waals surface area contributed by atoms with Gasteiger partial charge in [-0.25, -0.2) is 4.79 Å². The Balaban J connectivity index is 2.06. The highest BCUT2D eigenvalue weighted by Crippen LogP contribution is 2.25. The minimum Gasteiger partial charge on any atom is -0.478 e. The summed E-state index contributed by atoms with van der Waals surface area (Å²) in [5, 5.41) is 8.98. The first kappa shape index (κ1) is 19.4. The van der Waals surface area contributed by atoms with Crippen LogP contribution in [0.15, 0.2) is 24.3 Å². The standard InChI is InChI=1S/C18H26N2O5/c1-19(2)16(21)10-18(13-24-3)12-20(8-9-25-18)11-14-4-6-15(7-5-14)17(22)23/h4-7H,8-13H2,1-3H3,(H,22,23). The molecule has 7 nitrogen and oxygen atoms in total. The average molecular weight is 350 g/mol. The third-order valence-electron chi connectivity index (χ3n) is 4.31. The van der Waals surface area contributed by atoms with Gasteiger partial charge in [-0.15, -0.1) is 0 Å². The normalized spacial score (nSPS) is 21.1. The molecular weight excluding hydrogens is 324 g/mol. The van der Waals surface area contributed by atoms with E-state index in [1.807, 2.05) is 12.1 Å². The Morgan fingerprint density at radius 1 is 1.32 bits per heavy atom. The molecule has 1 saturated heterocycles. The summed E-state index contributed by atoms with van der Waals surface area (Å²) in [6.45, 7) is 2.88. The lowest BCUT2D eigenvalue weighted by molar-refractivity contribution is -0.160. The van der Waals surface area contributed by atoms with Crippen molar-refractivity contribution in [2.75, 3.05) is 47.5 Å². The zero-order valence-electron chi connectivity index (χ0n) is 15.0. The van der Waals surface area contributed by atoms with Gasteiger partial charge < -0.3 is 19.5 Å². The summed E-state index contributed by atoms with van der Waals surface area (Å²) >= 11 is 0. The molecule has 1 aliphatic heterocycles. The first-order valence-corrected chi connectivity index (χ1v) is 8.23. The third-order valence-corrected chi connectivity index (χ3v) is 4.31. The molecule has 1 heterocycles. The number of rotatable bonds is 7. The molecule has 25 heavy (non-hydrogen) atoms. The van der Waals surface area contributed by atoms with Crippen molar-refractivity contribution < 1.29 is 24.2 Å². The van der Waals surface area contributed by atoms with Crippen LogP contribution in [-0.4, -0.2) is 79.9 Å². The molecule has 1 aliphatic rings. The molecule has 2 rings (SSSR count). The highest BCUT2D eigenvalue weighted by Gasteiger charge is 2.39. The van der Waals surface area contributed by atoms with Crippen molar-refractivity contribution in [2.45, 2.75) is 18.6 Å². The van der Waals surface area contributed by atoms with Gasteiger partial charge in [0.25, 0.3) is 0 Å². The van der Waals surface area contributed by atoms with Gasteiger partial charge in [0.2, 0.25) is 5.91 Å². The summed E-state index contributed by atoms with van der Waals surface area (Å²) in [5.74, 6) is -0.927. The lowest BCUT2D eigenvalue weighted by Crippen LogP contribution is -2.55. The van der Waals surface area contributed by atoms with Crippen LogP contribution >= 0.6 is 0 Å². The molecule has 1 fully saturated rings. The molecular formula is C18H26N2O5. The molecule has 1 unspecified atom stereocenters. The van der Waals surface area contributed by atoms with Crippen LogP contribution in [0.3, 0.4) is 0 Å². The van der Waals surface area contributed by atoms with Crippen LogP contribution in [0.1, 0.15) is 22.3 Å². The zero-order valence-corrected chi connectivity index (χ0v) is 15.0. The lowest BCUT2D eigenvalue weighted by Gasteiger charge is -2.42. The number of aromatic carboxylic acids is 1. The quantitative estimate of drug-likeness (QED) is 0.793. The number of methoxy groups -OCH3 is 1. The molecule has 0 saturated carbocycles. The van der Waals surface area contributed by atoms with Gasteiger partial charge in [0.15, 0.2) is 0 Å². The fourth-order valence-electron chi connectivity index (χ4n) is 3.01. The van der Waals surface area contributed by atoms with Crippen molar-refractivity contribution >= 4 is 11.9 Å². The fraction of sp³-hybridized carbons (Fsp3) is 0.556. The van der Waals surface area contributed by atoms with Crippen LogP contribution in [0.5, 0.6) is 0 Å². The molecule has 1 aromatic rings. The van der Waals surface area contributed by atoms with E-state index in [9.17, 15) is 9.59 Å². The van der Waals surface area contributed by atoms with E-state index in [0.29, 0.717) is 26.3 Å². The number of carboxylic acid groups (broad SMARTS) is 1. The largest absolute Gasteiger partial charge is 0.478 e. The molecule has 1 amide bonds. The molecule has 1 N–H and O–H groups in total. The number of benzene rings is 1. The van der Waals surface area contributed by atoms with E-state index in [0.717, 1.165) is 12.1 Å². The minimum absolute atomic E-state index is 0.00436. The molecule has 0 radical (unpaired) electrons. The predicted molar refractivity (Wildman–Crippen MR) is 92.5 cm³/mol. The SMILES string of the molecule is COCC1(CC(=O)N(C)C)CN(Cc2ccc(C(=O)O)cc2)CCO1. The van der Waals surface area contributed by atoms with Crippen molar-refractivity contribution in [2.24, 2.45) is 0 Å². The lowest BCUT2D eigenvalue weighted by atomic mass is 9.96. The van der Waals surface area contributed by atoms with E-state index >= 15 is 0 Å². The number of hydrogen-bond acceptors (Lipinski definition) is 5. The average Bonchev–Trinajstić information content (AvgIpc) is 2.55. The predicted octanol–water partition coefficient (Wildman–Crippen LogP) is 1.08. The topological polar surface area (TPSA) is 79.3 Å². The number of amides is 1. The summed E-state index contributed by atoms with van der Waals surface area (Å²) in [6, 6.07) is 6.86. The van der Waals surface area contributed by atoms with E-state index in [1.165, 1.54) is 0 Å². The van der Waals surface area contributed by atoms with Crippen molar-refractivity contribution in [3.05, 3.63) is 35.4 Å². The van der Waals surface area contributed by atoms with Crippen LogP contribution in [0.25, 0.3) is 0 Å². The van der Waals surface area contributed by atoms with Crippen LogP contribution in [0, 0.1) is 0 Å². The number of nitrogens with zero attached hydrogens (tertiary/aromatic N) is 2. The van der Waals surface area contributed by atoms with Crippen molar-refractivity contribution in [3.8, 4) is 0 Å². The summed E-state index contributed by atoms with van der Waals surface area (Å²) in [7, 11) is 5.07. The second-order valence-corrected chi connectivity index (χ2v) is 6.64.